The van der Waals surface area contributed by atoms with Gasteiger partial charge in [0.2, 0.25) is 0 Å². The molecule has 1 amide bonds. The zero-order valence-electron chi connectivity index (χ0n) is 11.6. The van der Waals surface area contributed by atoms with Crippen molar-refractivity contribution in [2.24, 2.45) is 0 Å². The number of nitrogens with one attached hydrogen (secondary N) is 1. The molecule has 1 aromatic carbocycles. The van der Waals surface area contributed by atoms with E-state index in [0.717, 1.165) is 18.2 Å². The van der Waals surface area contributed by atoms with Crippen LogP contribution >= 0.6 is 11.3 Å². The van der Waals surface area contributed by atoms with E-state index in [2.05, 4.69) is 5.32 Å². The van der Waals surface area contributed by atoms with Crippen LogP contribution in [0.25, 0.3) is 0 Å². The number of carbonyl (C=O) groups excluding carboxylic acids is 1. The normalized spacial score (nSPS) is 13.4. The molecule has 1 atom stereocenters. The molecule has 1 heterocycles. The van der Waals surface area contributed by atoms with E-state index in [0.29, 0.717) is 4.88 Å². The van der Waals surface area contributed by atoms with Crippen molar-refractivity contribution in [2.75, 3.05) is 6.54 Å². The molecule has 0 saturated carbocycles. The van der Waals surface area contributed by atoms with Crippen molar-refractivity contribution in [2.45, 2.75) is 12.5 Å². The molecular weight excluding hydrogens is 311 g/mol. The summed E-state index contributed by atoms with van der Waals surface area (Å²) in [6.07, 6.45) is 0. The quantitative estimate of drug-likeness (QED) is 0.652. The second-order valence-electron chi connectivity index (χ2n) is 4.85. The molecule has 2 rings (SSSR count). The molecule has 0 aliphatic rings. The number of hydrogen-bond donors (Lipinski definition) is 2. The molecule has 2 N–H and O–H groups in total. The lowest BCUT2D eigenvalue weighted by Crippen LogP contribution is -2.38. The van der Waals surface area contributed by atoms with Gasteiger partial charge in [0.15, 0.2) is 0 Å². The van der Waals surface area contributed by atoms with Crippen LogP contribution in [0.5, 0.6) is 0 Å². The molecule has 0 radical (unpaired) electrons. The molecular formula is C14H13FN2O4S. The number of thiophene rings is 1. The third kappa shape index (κ3) is 3.46. The number of halogens is 1. The molecule has 1 aromatic heterocycles. The Labute approximate surface area is 129 Å². The Morgan fingerprint density at radius 3 is 2.82 bits per heavy atom. The first-order chi connectivity index (χ1) is 10.3. The SMILES string of the molecule is CC(O)(CNC(=O)c1cc(F)ccc1[N+](=O)[O-])c1cccs1. The molecule has 116 valence electrons. The molecule has 2 aromatic rings. The Hall–Kier alpha value is -2.32. The van der Waals surface area contributed by atoms with Gasteiger partial charge in [-0.05, 0) is 30.5 Å². The Morgan fingerprint density at radius 1 is 1.50 bits per heavy atom. The van der Waals surface area contributed by atoms with Crippen molar-refractivity contribution >= 4 is 22.9 Å². The summed E-state index contributed by atoms with van der Waals surface area (Å²) < 4.78 is 13.2. The molecule has 0 aliphatic heterocycles. The van der Waals surface area contributed by atoms with E-state index >= 15 is 0 Å². The third-order valence-electron chi connectivity index (χ3n) is 3.05. The van der Waals surface area contributed by atoms with Crippen LogP contribution in [0.4, 0.5) is 10.1 Å². The summed E-state index contributed by atoms with van der Waals surface area (Å²) in [6, 6.07) is 6.11. The van der Waals surface area contributed by atoms with Crippen LogP contribution in [0.2, 0.25) is 0 Å². The second kappa shape index (κ2) is 6.20. The smallest absolute Gasteiger partial charge is 0.282 e. The summed E-state index contributed by atoms with van der Waals surface area (Å²) in [4.78, 5) is 22.8. The number of nitrogens with zero attached hydrogens (tertiary/aromatic N) is 1. The fourth-order valence-corrected chi connectivity index (χ4v) is 2.66. The molecule has 8 heteroatoms. The number of hydrogen-bond acceptors (Lipinski definition) is 5. The zero-order valence-corrected chi connectivity index (χ0v) is 12.4. The number of rotatable bonds is 5. The standard InChI is InChI=1S/C14H13FN2O4S/c1-14(19,12-3-2-6-22-12)8-16-13(18)10-7-9(15)4-5-11(10)17(20)21/h2-7,19H,8H2,1H3,(H,16,18). The minimum Gasteiger partial charge on any atom is -0.383 e. The summed E-state index contributed by atoms with van der Waals surface area (Å²) >= 11 is 1.32. The van der Waals surface area contributed by atoms with Crippen LogP contribution < -0.4 is 5.32 Å². The van der Waals surface area contributed by atoms with Crippen molar-refractivity contribution in [3.8, 4) is 0 Å². The highest BCUT2D eigenvalue weighted by Crippen LogP contribution is 2.25. The van der Waals surface area contributed by atoms with Gasteiger partial charge in [-0.1, -0.05) is 6.07 Å². The van der Waals surface area contributed by atoms with Crippen LogP contribution in [-0.2, 0) is 5.60 Å². The monoisotopic (exact) mass is 324 g/mol. The maximum Gasteiger partial charge on any atom is 0.282 e. The van der Waals surface area contributed by atoms with Gasteiger partial charge in [0, 0.05) is 10.9 Å². The molecule has 0 aliphatic carbocycles. The molecule has 6 nitrogen and oxygen atoms in total. The van der Waals surface area contributed by atoms with Crippen LogP contribution in [0.15, 0.2) is 35.7 Å². The topological polar surface area (TPSA) is 92.5 Å². The van der Waals surface area contributed by atoms with E-state index in [4.69, 9.17) is 0 Å². The van der Waals surface area contributed by atoms with Crippen molar-refractivity contribution in [1.82, 2.24) is 5.32 Å². The second-order valence-corrected chi connectivity index (χ2v) is 5.80. The van der Waals surface area contributed by atoms with E-state index in [1.54, 1.807) is 17.5 Å². The molecule has 0 spiro atoms. The number of nitro benzene ring substituents is 1. The van der Waals surface area contributed by atoms with Gasteiger partial charge in [0.25, 0.3) is 11.6 Å². The average Bonchev–Trinajstić information content (AvgIpc) is 2.99. The Balaban J connectivity index is 2.16. The highest BCUT2D eigenvalue weighted by Gasteiger charge is 2.27. The van der Waals surface area contributed by atoms with Gasteiger partial charge >= 0.3 is 0 Å². The summed E-state index contributed by atoms with van der Waals surface area (Å²) in [5.41, 5.74) is -2.19. The summed E-state index contributed by atoms with van der Waals surface area (Å²) in [6.45, 7) is 1.36. The number of carbonyl (C=O) groups is 1. The van der Waals surface area contributed by atoms with E-state index in [-0.39, 0.29) is 12.1 Å². The predicted molar refractivity (Wildman–Crippen MR) is 79.3 cm³/mol. The maximum absolute atomic E-state index is 13.2. The lowest BCUT2D eigenvalue weighted by atomic mass is 10.0. The van der Waals surface area contributed by atoms with Crippen LogP contribution in [0.1, 0.15) is 22.2 Å². The first-order valence-electron chi connectivity index (χ1n) is 6.30. The highest BCUT2D eigenvalue weighted by molar-refractivity contribution is 7.10. The van der Waals surface area contributed by atoms with Crippen molar-refractivity contribution in [3.05, 3.63) is 62.1 Å². The van der Waals surface area contributed by atoms with E-state index < -0.39 is 27.9 Å². The van der Waals surface area contributed by atoms with Gasteiger partial charge in [-0.15, -0.1) is 11.3 Å². The minimum atomic E-state index is -1.31. The van der Waals surface area contributed by atoms with Crippen molar-refractivity contribution < 1.29 is 19.2 Å². The van der Waals surface area contributed by atoms with Gasteiger partial charge < -0.3 is 10.4 Å². The fourth-order valence-electron chi connectivity index (χ4n) is 1.87. The van der Waals surface area contributed by atoms with E-state index in [1.165, 1.54) is 18.3 Å². The van der Waals surface area contributed by atoms with Gasteiger partial charge in [0.1, 0.15) is 17.0 Å². The van der Waals surface area contributed by atoms with Crippen LogP contribution in [0.3, 0.4) is 0 Å². The lowest BCUT2D eigenvalue weighted by Gasteiger charge is -2.22. The third-order valence-corrected chi connectivity index (χ3v) is 4.17. The first-order valence-corrected chi connectivity index (χ1v) is 7.18. The first kappa shape index (κ1) is 16.1. The zero-order chi connectivity index (χ0) is 16.3. The molecule has 0 fully saturated rings. The van der Waals surface area contributed by atoms with Crippen LogP contribution in [0, 0.1) is 15.9 Å². The van der Waals surface area contributed by atoms with Gasteiger partial charge in [-0.25, -0.2) is 4.39 Å². The average molecular weight is 324 g/mol. The van der Waals surface area contributed by atoms with Gasteiger partial charge in [0.05, 0.1) is 11.5 Å². The molecule has 0 bridgehead atoms. The largest absolute Gasteiger partial charge is 0.383 e. The minimum absolute atomic E-state index is 0.153. The van der Waals surface area contributed by atoms with Crippen molar-refractivity contribution in [3.63, 3.8) is 0 Å². The number of nitro groups is 1. The van der Waals surface area contributed by atoms with E-state index in [9.17, 15) is 24.4 Å². The highest BCUT2D eigenvalue weighted by atomic mass is 32.1. The Kier molecular flexibility index (Phi) is 4.53. The number of amides is 1. The maximum atomic E-state index is 13.2. The van der Waals surface area contributed by atoms with Crippen LogP contribution in [-0.4, -0.2) is 22.5 Å². The van der Waals surface area contributed by atoms with Crippen molar-refractivity contribution in [1.29, 1.82) is 0 Å². The summed E-state index contributed by atoms with van der Waals surface area (Å²) in [5, 5.41) is 25.3. The predicted octanol–water partition coefficient (Wildman–Crippen LogP) is 2.43. The summed E-state index contributed by atoms with van der Waals surface area (Å²) in [5.74, 6) is -1.57. The number of aliphatic hydroxyl groups is 1. The van der Waals surface area contributed by atoms with Gasteiger partial charge in [-0.2, -0.15) is 0 Å². The lowest BCUT2D eigenvalue weighted by molar-refractivity contribution is -0.385. The molecule has 22 heavy (non-hydrogen) atoms. The molecule has 0 saturated heterocycles. The fraction of sp³-hybridized carbons (Fsp3) is 0.214. The Bertz CT molecular complexity index is 701. The summed E-state index contributed by atoms with van der Waals surface area (Å²) in [7, 11) is 0. The van der Waals surface area contributed by atoms with E-state index in [1.807, 2.05) is 0 Å². The Morgan fingerprint density at radius 2 is 2.23 bits per heavy atom. The molecule has 1 unspecified atom stereocenters. The van der Waals surface area contributed by atoms with Gasteiger partial charge in [-0.3, -0.25) is 14.9 Å². The number of benzene rings is 1.